The number of carboxylic acids is 1. The Bertz CT molecular complexity index is 1380. The summed E-state index contributed by atoms with van der Waals surface area (Å²) in [6, 6.07) is 2.40. The molecule has 2 aromatic rings. The number of amides is 2. The van der Waals surface area contributed by atoms with Gasteiger partial charge in [-0.25, -0.2) is 9.86 Å². The van der Waals surface area contributed by atoms with Gasteiger partial charge in [-0.05, 0) is 28.1 Å². The first kappa shape index (κ1) is 25.3. The molecule has 19 heteroatoms. The Labute approximate surface area is 220 Å². The standard InChI is InChI=1S/C18H18N10O6S3/c1-34-23-11(8-6-37-18(19)27(8)33)14(29)20-12-15(30)26-13(17(31)32)7(5-36-16(12)26)4-35-10-3-2-9-21-24-25-28(9)22-10/h2-3,6,12,16,18,33H,4-5,19H2,1H3,(H,20,29)(H,31,32). The molecule has 0 bridgehead atoms. The molecule has 0 spiro atoms. The summed E-state index contributed by atoms with van der Waals surface area (Å²) in [5.41, 5.74) is 5.50. The van der Waals surface area contributed by atoms with Gasteiger partial charge in [0, 0.05) is 16.9 Å². The number of fused-ring (bicyclic) bond motifs is 2. The van der Waals surface area contributed by atoms with Crippen molar-refractivity contribution in [1.82, 2.24) is 40.5 Å². The molecule has 3 atom stereocenters. The smallest absolute Gasteiger partial charge is 0.352 e. The third kappa shape index (κ3) is 4.59. The zero-order valence-electron chi connectivity index (χ0n) is 18.8. The number of hydroxylamine groups is 2. The number of β-lactam (4-membered cyclic amide) rings is 1. The largest absolute Gasteiger partial charge is 0.477 e. The summed E-state index contributed by atoms with van der Waals surface area (Å²) in [6.07, 6.45) is 0. The highest BCUT2D eigenvalue weighted by Crippen LogP contribution is 2.41. The first-order valence-corrected chi connectivity index (χ1v) is 13.4. The number of hydrogen-bond acceptors (Lipinski definition) is 15. The Kier molecular flexibility index (Phi) is 6.94. The monoisotopic (exact) mass is 566 g/mol. The lowest BCUT2D eigenvalue weighted by molar-refractivity contribution is -0.150. The van der Waals surface area contributed by atoms with Gasteiger partial charge < -0.3 is 21.0 Å². The summed E-state index contributed by atoms with van der Waals surface area (Å²) >= 11 is 3.66. The second kappa shape index (κ2) is 10.2. The summed E-state index contributed by atoms with van der Waals surface area (Å²) in [5.74, 6) is -2.02. The van der Waals surface area contributed by atoms with Gasteiger partial charge in [0.2, 0.25) is 0 Å². The topological polar surface area (TPSA) is 214 Å². The van der Waals surface area contributed by atoms with Crippen LogP contribution in [0, 0.1) is 0 Å². The maximum absolute atomic E-state index is 13.0. The molecule has 194 valence electrons. The molecule has 5 heterocycles. The number of tetrazole rings is 1. The van der Waals surface area contributed by atoms with Gasteiger partial charge in [-0.1, -0.05) is 16.9 Å². The third-order valence-corrected chi connectivity index (χ3v) is 8.61. The lowest BCUT2D eigenvalue weighted by Crippen LogP contribution is -2.71. The molecule has 1 saturated heterocycles. The molecule has 37 heavy (non-hydrogen) atoms. The minimum atomic E-state index is -1.25. The maximum atomic E-state index is 13.0. The van der Waals surface area contributed by atoms with Crippen molar-refractivity contribution in [2.75, 3.05) is 18.6 Å². The molecule has 3 aliphatic heterocycles. The molecule has 0 saturated carbocycles. The van der Waals surface area contributed by atoms with Crippen molar-refractivity contribution in [2.24, 2.45) is 10.9 Å². The van der Waals surface area contributed by atoms with E-state index in [1.54, 1.807) is 12.1 Å². The van der Waals surface area contributed by atoms with Crippen LogP contribution in [0.25, 0.3) is 5.65 Å². The maximum Gasteiger partial charge on any atom is 0.352 e. The zero-order valence-corrected chi connectivity index (χ0v) is 21.2. The molecule has 16 nitrogen and oxygen atoms in total. The molecule has 2 amide bonds. The van der Waals surface area contributed by atoms with Crippen LogP contribution in [-0.4, -0.2) is 105 Å². The van der Waals surface area contributed by atoms with Gasteiger partial charge in [-0.2, -0.15) is 0 Å². The van der Waals surface area contributed by atoms with Crippen LogP contribution < -0.4 is 11.1 Å². The number of aromatic nitrogens is 5. The fraction of sp³-hybridized carbons (Fsp3) is 0.333. The van der Waals surface area contributed by atoms with Crippen molar-refractivity contribution >= 4 is 64.4 Å². The van der Waals surface area contributed by atoms with Crippen molar-refractivity contribution in [3.63, 3.8) is 0 Å². The van der Waals surface area contributed by atoms with Gasteiger partial charge in [0.1, 0.15) is 34.9 Å². The normalized spacial score (nSPS) is 23.6. The first-order chi connectivity index (χ1) is 17.8. The van der Waals surface area contributed by atoms with Gasteiger partial charge >= 0.3 is 5.97 Å². The van der Waals surface area contributed by atoms with E-state index in [2.05, 4.69) is 31.1 Å². The van der Waals surface area contributed by atoms with Crippen LogP contribution in [0.2, 0.25) is 0 Å². The lowest BCUT2D eigenvalue weighted by Gasteiger charge is -2.49. The van der Waals surface area contributed by atoms with Gasteiger partial charge in [0.15, 0.2) is 16.9 Å². The van der Waals surface area contributed by atoms with Crippen LogP contribution >= 0.6 is 35.3 Å². The minimum absolute atomic E-state index is 0.00989. The van der Waals surface area contributed by atoms with Crippen LogP contribution in [-0.2, 0) is 19.2 Å². The Balaban J connectivity index is 1.30. The molecule has 5 N–H and O–H groups in total. The summed E-state index contributed by atoms with van der Waals surface area (Å²) < 4.78 is 1.26. The predicted octanol–water partition coefficient (Wildman–Crippen LogP) is -1.13. The molecule has 2 aromatic heterocycles. The molecule has 3 aliphatic rings. The second-order valence-electron chi connectivity index (χ2n) is 7.60. The number of nitrogens with two attached hydrogens (primary N) is 1. The number of hydrogen-bond donors (Lipinski definition) is 4. The number of oxime groups is 1. The van der Waals surface area contributed by atoms with Crippen molar-refractivity contribution in [3.8, 4) is 0 Å². The van der Waals surface area contributed by atoms with E-state index in [1.807, 2.05) is 0 Å². The number of carboxylic acid groups (broad SMARTS) is 1. The van der Waals surface area contributed by atoms with Crippen LogP contribution in [0.5, 0.6) is 0 Å². The fourth-order valence-corrected chi connectivity index (χ4v) is 6.77. The fourth-order valence-electron chi connectivity index (χ4n) is 3.72. The van der Waals surface area contributed by atoms with Gasteiger partial charge in [0.05, 0.1) is 0 Å². The van der Waals surface area contributed by atoms with Crippen LogP contribution in [0.15, 0.2) is 44.7 Å². The van der Waals surface area contributed by atoms with E-state index in [0.29, 0.717) is 27.1 Å². The zero-order chi connectivity index (χ0) is 26.3. The average molecular weight is 567 g/mol. The Morgan fingerprint density at radius 3 is 2.92 bits per heavy atom. The number of carbonyl (C=O) groups is 3. The van der Waals surface area contributed by atoms with Crippen molar-refractivity contribution < 1.29 is 29.5 Å². The van der Waals surface area contributed by atoms with Crippen molar-refractivity contribution in [3.05, 3.63) is 34.5 Å². The first-order valence-electron chi connectivity index (χ1n) is 10.4. The summed E-state index contributed by atoms with van der Waals surface area (Å²) in [4.78, 5) is 43.9. The van der Waals surface area contributed by atoms with E-state index in [0.717, 1.165) is 11.8 Å². The average Bonchev–Trinajstić information content (AvgIpc) is 3.49. The highest BCUT2D eigenvalue weighted by Gasteiger charge is 2.54. The lowest BCUT2D eigenvalue weighted by atomic mass is 10.0. The number of rotatable bonds is 8. The highest BCUT2D eigenvalue weighted by atomic mass is 32.2. The van der Waals surface area contributed by atoms with Crippen LogP contribution in [0.4, 0.5) is 0 Å². The van der Waals surface area contributed by atoms with Crippen LogP contribution in [0.1, 0.15) is 0 Å². The van der Waals surface area contributed by atoms with Gasteiger partial charge in [-0.15, -0.1) is 38.4 Å². The number of aliphatic carboxylic acids is 1. The number of nitrogens with one attached hydrogen (secondary N) is 1. The third-order valence-electron chi connectivity index (χ3n) is 5.42. The summed E-state index contributed by atoms with van der Waals surface area (Å²) in [7, 11) is 1.23. The molecule has 1 fully saturated rings. The molecule has 0 aromatic carbocycles. The quantitative estimate of drug-likeness (QED) is 0.129. The van der Waals surface area contributed by atoms with E-state index in [4.69, 9.17) is 10.6 Å². The summed E-state index contributed by atoms with van der Waals surface area (Å²) in [5, 5.41) is 43.5. The minimum Gasteiger partial charge on any atom is -0.477 e. The highest BCUT2D eigenvalue weighted by molar-refractivity contribution is 8.03. The van der Waals surface area contributed by atoms with Crippen LogP contribution in [0.3, 0.4) is 0 Å². The van der Waals surface area contributed by atoms with E-state index in [9.17, 15) is 24.7 Å². The summed E-state index contributed by atoms with van der Waals surface area (Å²) in [6.45, 7) is 0. The van der Waals surface area contributed by atoms with E-state index < -0.39 is 34.7 Å². The second-order valence-corrected chi connectivity index (χ2v) is 10.7. The Hall–Kier alpha value is -3.39. The molecule has 5 rings (SSSR count). The van der Waals surface area contributed by atoms with Gasteiger partial charge in [0.25, 0.3) is 11.8 Å². The molecular weight excluding hydrogens is 548 g/mol. The van der Waals surface area contributed by atoms with Crippen molar-refractivity contribution in [1.29, 1.82) is 0 Å². The van der Waals surface area contributed by atoms with Crippen molar-refractivity contribution in [2.45, 2.75) is 21.9 Å². The molecule has 0 radical (unpaired) electrons. The van der Waals surface area contributed by atoms with Gasteiger partial charge in [-0.3, -0.25) is 19.7 Å². The predicted molar refractivity (Wildman–Crippen MR) is 131 cm³/mol. The molecule has 0 aliphatic carbocycles. The number of nitrogens with zero attached hydrogens (tertiary/aromatic N) is 8. The SMILES string of the molecule is CON=C(C(=O)NC1C(=O)N2C(C(=O)O)=C(CSc3ccc4nnnn4n3)CSC12)C1=CSC(N)N1O. The van der Waals surface area contributed by atoms with E-state index >= 15 is 0 Å². The van der Waals surface area contributed by atoms with E-state index in [-0.39, 0.29) is 22.9 Å². The molecule has 3 unspecified atom stereocenters. The van der Waals surface area contributed by atoms with E-state index in [1.165, 1.54) is 45.6 Å². The number of carbonyl (C=O) groups excluding carboxylic acids is 2. The Morgan fingerprint density at radius 2 is 2.22 bits per heavy atom. The Morgan fingerprint density at radius 1 is 1.41 bits per heavy atom. The molecular formula is C18H18N10O6S3. The number of thioether (sulfide) groups is 3.